The van der Waals surface area contributed by atoms with Crippen LogP contribution in [-0.4, -0.2) is 66.0 Å². The molecule has 1 saturated heterocycles. The van der Waals surface area contributed by atoms with Gasteiger partial charge in [0.15, 0.2) is 12.4 Å². The maximum Gasteiger partial charge on any atom is 0.410 e. The number of ketones is 1. The van der Waals surface area contributed by atoms with E-state index in [4.69, 9.17) is 13.9 Å². The molecule has 0 N–H and O–H groups in total. The minimum atomic E-state index is -0.554. The average Bonchev–Trinajstić information content (AvgIpc) is 3.28. The van der Waals surface area contributed by atoms with Gasteiger partial charge in [0.05, 0.1) is 5.56 Å². The fourth-order valence-electron chi connectivity index (χ4n) is 4.41. The van der Waals surface area contributed by atoms with Crippen LogP contribution in [-0.2, 0) is 16.0 Å². The zero-order valence-electron chi connectivity index (χ0n) is 22.6. The smallest absolute Gasteiger partial charge is 0.410 e. The lowest BCUT2D eigenvalue weighted by Gasteiger charge is -2.35. The summed E-state index contributed by atoms with van der Waals surface area (Å²) in [6.07, 6.45) is 2.30. The van der Waals surface area contributed by atoms with E-state index in [2.05, 4.69) is 6.92 Å². The number of hydrogen-bond acceptors (Lipinski definition) is 6. The number of hydrogen-bond donors (Lipinski definition) is 0. The zero-order valence-corrected chi connectivity index (χ0v) is 22.6. The molecule has 0 aliphatic carbocycles. The summed E-state index contributed by atoms with van der Waals surface area (Å²) in [4.78, 5) is 41.6. The van der Waals surface area contributed by atoms with Crippen molar-refractivity contribution in [1.29, 1.82) is 0 Å². The Morgan fingerprint density at radius 1 is 0.921 bits per heavy atom. The van der Waals surface area contributed by atoms with Crippen LogP contribution in [0.15, 0.2) is 52.9 Å². The van der Waals surface area contributed by atoms with Gasteiger partial charge in [0.25, 0.3) is 5.91 Å². The van der Waals surface area contributed by atoms with Crippen molar-refractivity contribution in [2.45, 2.75) is 52.6 Å². The van der Waals surface area contributed by atoms with E-state index in [1.54, 1.807) is 34.1 Å². The highest BCUT2D eigenvalue weighted by Gasteiger charge is 2.28. The number of rotatable bonds is 8. The Bertz CT molecular complexity index is 1280. The van der Waals surface area contributed by atoms with Crippen LogP contribution in [0.1, 0.15) is 62.2 Å². The van der Waals surface area contributed by atoms with Crippen molar-refractivity contribution in [3.05, 3.63) is 65.4 Å². The molecule has 0 unspecified atom stereocenters. The minimum absolute atomic E-state index is 0.0912. The molecule has 4 rings (SSSR count). The summed E-state index contributed by atoms with van der Waals surface area (Å²) < 4.78 is 17.1. The Morgan fingerprint density at radius 3 is 2.24 bits per heavy atom. The van der Waals surface area contributed by atoms with E-state index in [0.29, 0.717) is 55.1 Å². The van der Waals surface area contributed by atoms with Gasteiger partial charge in [0.2, 0.25) is 0 Å². The molecule has 1 aliphatic rings. The van der Waals surface area contributed by atoms with Crippen LogP contribution in [0.25, 0.3) is 11.0 Å². The highest BCUT2D eigenvalue weighted by molar-refractivity contribution is 6.16. The molecule has 202 valence electrons. The molecule has 8 nitrogen and oxygen atoms in total. The highest BCUT2D eigenvalue weighted by Crippen LogP contribution is 2.30. The van der Waals surface area contributed by atoms with E-state index in [9.17, 15) is 14.4 Å². The van der Waals surface area contributed by atoms with Gasteiger partial charge >= 0.3 is 6.09 Å². The number of benzene rings is 2. The third-order valence-corrected chi connectivity index (χ3v) is 6.42. The van der Waals surface area contributed by atoms with Gasteiger partial charge in [-0.25, -0.2) is 4.79 Å². The lowest BCUT2D eigenvalue weighted by atomic mass is 9.98. The Labute approximate surface area is 223 Å². The first kappa shape index (κ1) is 27.2. The molecular formula is C30H36N2O6. The number of amides is 2. The second kappa shape index (κ2) is 11.7. The minimum Gasteiger partial charge on any atom is -0.484 e. The maximum absolute atomic E-state index is 13.4. The molecule has 1 aromatic heterocycles. The molecule has 0 spiro atoms. The number of ether oxygens (including phenoxy) is 2. The Hall–Kier alpha value is -3.81. The normalized spacial score (nSPS) is 14.0. The number of aryl methyl sites for hydroxylation is 1. The third-order valence-electron chi connectivity index (χ3n) is 6.42. The van der Waals surface area contributed by atoms with Crippen molar-refractivity contribution in [3.8, 4) is 5.75 Å². The summed E-state index contributed by atoms with van der Waals surface area (Å²) in [5.74, 6) is 0.979. The molecule has 0 saturated carbocycles. The maximum atomic E-state index is 13.4. The number of unbranched alkanes of at least 4 members (excludes halogenated alkanes) is 1. The first-order valence-corrected chi connectivity index (χ1v) is 13.2. The van der Waals surface area contributed by atoms with E-state index in [1.807, 2.05) is 45.0 Å². The SMILES string of the molecule is CCCCc1oc2ccccc2c1C(=O)c1ccc(OCC(=O)N2CCN(C(=O)OC(C)(C)C)CC2)cc1. The summed E-state index contributed by atoms with van der Waals surface area (Å²) in [7, 11) is 0. The van der Waals surface area contributed by atoms with Crippen molar-refractivity contribution < 1.29 is 28.3 Å². The van der Waals surface area contributed by atoms with E-state index in [1.165, 1.54) is 0 Å². The van der Waals surface area contributed by atoms with E-state index in [-0.39, 0.29) is 24.4 Å². The fourth-order valence-corrected chi connectivity index (χ4v) is 4.41. The van der Waals surface area contributed by atoms with Crippen molar-refractivity contribution in [3.63, 3.8) is 0 Å². The van der Waals surface area contributed by atoms with E-state index in [0.717, 1.165) is 24.0 Å². The largest absolute Gasteiger partial charge is 0.484 e. The standard InChI is InChI=1S/C30H36N2O6/c1-5-6-10-25-27(23-9-7-8-11-24(23)37-25)28(34)21-12-14-22(15-13-21)36-20-26(33)31-16-18-32(19-17-31)29(35)38-30(2,3)4/h7-9,11-15H,5-6,10,16-20H2,1-4H3. The van der Waals surface area contributed by atoms with E-state index >= 15 is 0 Å². The summed E-state index contributed by atoms with van der Waals surface area (Å²) in [6, 6.07) is 14.4. The Morgan fingerprint density at radius 2 is 1.58 bits per heavy atom. The molecule has 0 radical (unpaired) electrons. The van der Waals surface area contributed by atoms with Gasteiger partial charge in [0, 0.05) is 43.5 Å². The van der Waals surface area contributed by atoms with Gasteiger partial charge in [-0.1, -0.05) is 31.5 Å². The lowest BCUT2D eigenvalue weighted by Crippen LogP contribution is -2.52. The molecular weight excluding hydrogens is 484 g/mol. The van der Waals surface area contributed by atoms with Crippen LogP contribution in [0.3, 0.4) is 0 Å². The molecule has 38 heavy (non-hydrogen) atoms. The molecule has 2 aromatic carbocycles. The van der Waals surface area contributed by atoms with Gasteiger partial charge in [-0.15, -0.1) is 0 Å². The summed E-state index contributed by atoms with van der Waals surface area (Å²) in [6.45, 7) is 9.16. The molecule has 2 amide bonds. The van der Waals surface area contributed by atoms with Gasteiger partial charge in [0.1, 0.15) is 22.7 Å². The quantitative estimate of drug-likeness (QED) is 0.366. The van der Waals surface area contributed by atoms with Crippen molar-refractivity contribution in [1.82, 2.24) is 9.80 Å². The summed E-state index contributed by atoms with van der Waals surface area (Å²) in [5, 5.41) is 0.821. The molecule has 0 atom stereocenters. The predicted octanol–water partition coefficient (Wildman–Crippen LogP) is 5.46. The van der Waals surface area contributed by atoms with Gasteiger partial charge in [-0.2, -0.15) is 0 Å². The number of para-hydroxylation sites is 1. The van der Waals surface area contributed by atoms with Crippen molar-refractivity contribution >= 4 is 28.8 Å². The molecule has 3 aromatic rings. The molecule has 1 aliphatic heterocycles. The highest BCUT2D eigenvalue weighted by atomic mass is 16.6. The molecule has 1 fully saturated rings. The first-order valence-electron chi connectivity index (χ1n) is 13.2. The number of carbonyl (C=O) groups excluding carboxylic acids is 3. The van der Waals surface area contributed by atoms with Crippen LogP contribution in [0.2, 0.25) is 0 Å². The molecule has 8 heteroatoms. The monoisotopic (exact) mass is 520 g/mol. The van der Waals surface area contributed by atoms with Crippen molar-refractivity contribution in [2.24, 2.45) is 0 Å². The first-order chi connectivity index (χ1) is 18.2. The Balaban J connectivity index is 1.34. The van der Waals surface area contributed by atoms with E-state index < -0.39 is 5.60 Å². The second-order valence-electron chi connectivity index (χ2n) is 10.5. The molecule has 2 heterocycles. The fraction of sp³-hybridized carbons (Fsp3) is 0.433. The third kappa shape index (κ3) is 6.54. The summed E-state index contributed by atoms with van der Waals surface area (Å²) >= 11 is 0. The van der Waals surface area contributed by atoms with Crippen LogP contribution in [0, 0.1) is 0 Å². The van der Waals surface area contributed by atoms with Gasteiger partial charge in [-0.05, 0) is 57.5 Å². The summed E-state index contributed by atoms with van der Waals surface area (Å²) in [5.41, 5.74) is 1.31. The van der Waals surface area contributed by atoms with Crippen LogP contribution in [0.5, 0.6) is 5.75 Å². The number of nitrogens with zero attached hydrogens (tertiary/aromatic N) is 2. The second-order valence-corrected chi connectivity index (χ2v) is 10.5. The zero-order chi connectivity index (χ0) is 27.3. The number of fused-ring (bicyclic) bond motifs is 1. The number of carbonyl (C=O) groups is 3. The molecule has 0 bridgehead atoms. The van der Waals surface area contributed by atoms with Crippen LogP contribution in [0.4, 0.5) is 4.79 Å². The van der Waals surface area contributed by atoms with Crippen LogP contribution < -0.4 is 4.74 Å². The average molecular weight is 521 g/mol. The van der Waals surface area contributed by atoms with Gasteiger partial charge in [-0.3, -0.25) is 9.59 Å². The topological polar surface area (TPSA) is 89.3 Å². The number of piperazine rings is 1. The number of furan rings is 1. The van der Waals surface area contributed by atoms with Crippen LogP contribution >= 0.6 is 0 Å². The Kier molecular flexibility index (Phi) is 8.39. The lowest BCUT2D eigenvalue weighted by molar-refractivity contribution is -0.135. The van der Waals surface area contributed by atoms with Gasteiger partial charge < -0.3 is 23.7 Å². The predicted molar refractivity (Wildman–Crippen MR) is 145 cm³/mol. The van der Waals surface area contributed by atoms with Crippen molar-refractivity contribution in [2.75, 3.05) is 32.8 Å².